The van der Waals surface area contributed by atoms with E-state index < -0.39 is 0 Å². The molecule has 3 rings (SSSR count). The fourth-order valence-corrected chi connectivity index (χ4v) is 3.05. The first-order valence-corrected chi connectivity index (χ1v) is 6.68. The van der Waals surface area contributed by atoms with Gasteiger partial charge in [-0.3, -0.25) is 4.79 Å². The van der Waals surface area contributed by atoms with Gasteiger partial charge in [0.15, 0.2) is 5.76 Å². The van der Waals surface area contributed by atoms with Crippen LogP contribution in [-0.2, 0) is 0 Å². The van der Waals surface area contributed by atoms with Gasteiger partial charge in [0, 0.05) is 21.0 Å². The monoisotopic (exact) mass is 306 g/mol. The number of halogens is 1. The Balaban J connectivity index is 2.17. The summed E-state index contributed by atoms with van der Waals surface area (Å²) >= 11 is 4.87. The van der Waals surface area contributed by atoms with Crippen molar-refractivity contribution in [3.05, 3.63) is 57.8 Å². The topological polar surface area (TPSA) is 30.2 Å². The van der Waals surface area contributed by atoms with Crippen LogP contribution in [0.1, 0.15) is 16.1 Å². The SMILES string of the molecule is O=C(c1occc1Br)c1csc2ccccc12. The first-order chi connectivity index (χ1) is 8.27. The third kappa shape index (κ3) is 1.73. The van der Waals surface area contributed by atoms with Crippen molar-refractivity contribution in [3.8, 4) is 0 Å². The van der Waals surface area contributed by atoms with E-state index >= 15 is 0 Å². The van der Waals surface area contributed by atoms with Crippen molar-refractivity contribution >= 4 is 43.1 Å². The number of carbonyl (C=O) groups is 1. The Morgan fingerprint density at radius 2 is 2.06 bits per heavy atom. The number of hydrogen-bond acceptors (Lipinski definition) is 3. The zero-order chi connectivity index (χ0) is 11.8. The van der Waals surface area contributed by atoms with Gasteiger partial charge in [-0.15, -0.1) is 11.3 Å². The van der Waals surface area contributed by atoms with Crippen molar-refractivity contribution in [2.75, 3.05) is 0 Å². The molecule has 0 radical (unpaired) electrons. The summed E-state index contributed by atoms with van der Waals surface area (Å²) < 4.78 is 7.01. The van der Waals surface area contributed by atoms with Crippen LogP contribution in [-0.4, -0.2) is 5.78 Å². The number of benzene rings is 1. The van der Waals surface area contributed by atoms with Gasteiger partial charge in [-0.05, 0) is 28.1 Å². The summed E-state index contributed by atoms with van der Waals surface area (Å²) in [5, 5.41) is 2.85. The summed E-state index contributed by atoms with van der Waals surface area (Å²) in [6.45, 7) is 0. The number of carbonyl (C=O) groups excluding carboxylic acids is 1. The Morgan fingerprint density at radius 3 is 2.82 bits per heavy atom. The molecular weight excluding hydrogens is 300 g/mol. The van der Waals surface area contributed by atoms with E-state index in [0.717, 1.165) is 10.1 Å². The van der Waals surface area contributed by atoms with E-state index in [9.17, 15) is 4.79 Å². The average molecular weight is 307 g/mol. The molecule has 0 spiro atoms. The van der Waals surface area contributed by atoms with Crippen LogP contribution in [0, 0.1) is 0 Å². The van der Waals surface area contributed by atoms with Crippen molar-refractivity contribution in [3.63, 3.8) is 0 Å². The molecule has 0 unspecified atom stereocenters. The Bertz CT molecular complexity index is 696. The highest BCUT2D eigenvalue weighted by Gasteiger charge is 2.19. The molecule has 0 atom stereocenters. The maximum atomic E-state index is 12.3. The Hall–Kier alpha value is -1.39. The van der Waals surface area contributed by atoms with E-state index in [1.165, 1.54) is 6.26 Å². The molecule has 2 heterocycles. The summed E-state index contributed by atoms with van der Waals surface area (Å²) in [6, 6.07) is 9.59. The summed E-state index contributed by atoms with van der Waals surface area (Å²) in [7, 11) is 0. The molecule has 17 heavy (non-hydrogen) atoms. The van der Waals surface area contributed by atoms with Crippen LogP contribution in [0.4, 0.5) is 0 Å². The lowest BCUT2D eigenvalue weighted by Gasteiger charge is -1.96. The zero-order valence-corrected chi connectivity index (χ0v) is 11.0. The molecule has 84 valence electrons. The lowest BCUT2D eigenvalue weighted by molar-refractivity contribution is 0.101. The van der Waals surface area contributed by atoms with Crippen LogP contribution in [0.2, 0.25) is 0 Å². The van der Waals surface area contributed by atoms with Crippen molar-refractivity contribution in [1.29, 1.82) is 0 Å². The molecule has 3 aromatic rings. The molecule has 0 saturated carbocycles. The van der Waals surface area contributed by atoms with E-state index in [-0.39, 0.29) is 5.78 Å². The molecule has 0 fully saturated rings. The number of rotatable bonds is 2. The predicted molar refractivity (Wildman–Crippen MR) is 71.7 cm³/mol. The fraction of sp³-hybridized carbons (Fsp3) is 0. The Morgan fingerprint density at radius 1 is 1.24 bits per heavy atom. The first kappa shape index (κ1) is 10.7. The molecule has 0 N–H and O–H groups in total. The molecular formula is C13H7BrO2S. The van der Waals surface area contributed by atoms with E-state index in [1.807, 2.05) is 29.6 Å². The average Bonchev–Trinajstić information content (AvgIpc) is 2.94. The van der Waals surface area contributed by atoms with Gasteiger partial charge in [0.1, 0.15) is 0 Å². The van der Waals surface area contributed by atoms with E-state index in [2.05, 4.69) is 15.9 Å². The molecule has 1 aromatic carbocycles. The molecule has 0 aliphatic heterocycles. The molecule has 2 aromatic heterocycles. The van der Waals surface area contributed by atoms with Gasteiger partial charge in [-0.2, -0.15) is 0 Å². The smallest absolute Gasteiger partial charge is 0.230 e. The van der Waals surface area contributed by atoms with Crippen molar-refractivity contribution < 1.29 is 9.21 Å². The second-order valence-corrected chi connectivity index (χ2v) is 5.34. The van der Waals surface area contributed by atoms with Gasteiger partial charge in [0.05, 0.1) is 10.7 Å². The zero-order valence-electron chi connectivity index (χ0n) is 8.64. The Labute approximate surface area is 110 Å². The Kier molecular flexibility index (Phi) is 2.61. The second-order valence-electron chi connectivity index (χ2n) is 3.57. The minimum Gasteiger partial charge on any atom is -0.460 e. The maximum absolute atomic E-state index is 12.3. The third-order valence-corrected chi connectivity index (χ3v) is 4.14. The third-order valence-electron chi connectivity index (χ3n) is 2.55. The van der Waals surface area contributed by atoms with E-state index in [0.29, 0.717) is 15.8 Å². The molecule has 0 aliphatic carbocycles. The van der Waals surface area contributed by atoms with Crippen molar-refractivity contribution in [2.45, 2.75) is 0 Å². The van der Waals surface area contributed by atoms with Crippen LogP contribution in [0.25, 0.3) is 10.1 Å². The molecule has 0 aliphatic rings. The van der Waals surface area contributed by atoms with Gasteiger partial charge in [0.25, 0.3) is 0 Å². The highest BCUT2D eigenvalue weighted by atomic mass is 79.9. The summed E-state index contributed by atoms with van der Waals surface area (Å²) in [5.41, 5.74) is 0.696. The van der Waals surface area contributed by atoms with Crippen molar-refractivity contribution in [1.82, 2.24) is 0 Å². The van der Waals surface area contributed by atoms with Gasteiger partial charge in [0.2, 0.25) is 5.78 Å². The minimum absolute atomic E-state index is 0.0840. The minimum atomic E-state index is -0.0840. The van der Waals surface area contributed by atoms with E-state index in [4.69, 9.17) is 4.42 Å². The molecule has 4 heteroatoms. The first-order valence-electron chi connectivity index (χ1n) is 5.01. The van der Waals surface area contributed by atoms with Gasteiger partial charge >= 0.3 is 0 Å². The lowest BCUT2D eigenvalue weighted by Crippen LogP contribution is -1.98. The number of ketones is 1. The van der Waals surface area contributed by atoms with Gasteiger partial charge in [-0.25, -0.2) is 0 Å². The summed E-state index contributed by atoms with van der Waals surface area (Å²) in [5.74, 6) is 0.271. The molecule has 0 saturated heterocycles. The molecule has 0 bridgehead atoms. The number of furan rings is 1. The normalized spacial score (nSPS) is 10.9. The summed E-state index contributed by atoms with van der Waals surface area (Å²) in [6.07, 6.45) is 1.51. The van der Waals surface area contributed by atoms with Crippen LogP contribution in [0.5, 0.6) is 0 Å². The van der Waals surface area contributed by atoms with Crippen LogP contribution < -0.4 is 0 Å². The highest BCUT2D eigenvalue weighted by molar-refractivity contribution is 9.10. The predicted octanol–water partition coefficient (Wildman–Crippen LogP) is 4.49. The second kappa shape index (κ2) is 4.13. The van der Waals surface area contributed by atoms with E-state index in [1.54, 1.807) is 17.4 Å². The van der Waals surface area contributed by atoms with Crippen LogP contribution in [0.15, 0.2) is 50.9 Å². The summed E-state index contributed by atoms with van der Waals surface area (Å²) in [4.78, 5) is 12.3. The van der Waals surface area contributed by atoms with Crippen LogP contribution in [0.3, 0.4) is 0 Å². The van der Waals surface area contributed by atoms with Crippen molar-refractivity contribution in [2.24, 2.45) is 0 Å². The fourth-order valence-electron chi connectivity index (χ4n) is 1.73. The number of thiophene rings is 1. The van der Waals surface area contributed by atoms with Gasteiger partial charge < -0.3 is 4.42 Å². The van der Waals surface area contributed by atoms with Crippen LogP contribution >= 0.6 is 27.3 Å². The molecule has 0 amide bonds. The lowest BCUT2D eigenvalue weighted by atomic mass is 10.1. The number of hydrogen-bond donors (Lipinski definition) is 0. The standard InChI is InChI=1S/C13H7BrO2S/c14-10-5-6-16-13(10)12(15)9-7-17-11-4-2-1-3-8(9)11/h1-7H. The quantitative estimate of drug-likeness (QED) is 0.653. The largest absolute Gasteiger partial charge is 0.460 e. The molecule has 2 nitrogen and oxygen atoms in total. The van der Waals surface area contributed by atoms with Gasteiger partial charge in [-0.1, -0.05) is 18.2 Å². The maximum Gasteiger partial charge on any atom is 0.230 e. The number of fused-ring (bicyclic) bond motifs is 1. The highest BCUT2D eigenvalue weighted by Crippen LogP contribution is 2.29.